The molecule has 74 heavy (non-hydrogen) atoms. The van der Waals surface area contributed by atoms with Gasteiger partial charge in [0.15, 0.2) is 12.2 Å². The third-order valence-corrected chi connectivity index (χ3v) is 11.9. The molecule has 2 aliphatic heterocycles. The number of nitrogens with two attached hydrogens (primary N) is 2. The van der Waals surface area contributed by atoms with Gasteiger partial charge in [0.1, 0.15) is 41.7 Å². The second-order valence-corrected chi connectivity index (χ2v) is 18.5. The SMILES string of the molecule is C/C=C1\NC(=O)[C@H](O)[C@@H](CCC(C)C)NC(=O)[C@H](CC(N)=O)NC(=O)[C@H](Cc2ccccc2O)NC(=O)[C@@H]2CCCN2C(=O)[C@H]([C@@H](C)OC)NC(=O)[C@@H]([C@H](OS(=O)(=O)[O-])C(=O)NC(N)=O)NC(=O)CN(C)C1=O.[Na+]. The van der Waals surface area contributed by atoms with Crippen LogP contribution in [0.5, 0.6) is 5.75 Å². The van der Waals surface area contributed by atoms with E-state index < -0.39 is 155 Å². The molecule has 0 aromatic heterocycles. The van der Waals surface area contributed by atoms with Gasteiger partial charge in [-0.25, -0.2) is 13.2 Å². The van der Waals surface area contributed by atoms with Crippen molar-refractivity contribution in [3.05, 3.63) is 41.6 Å². The fourth-order valence-corrected chi connectivity index (χ4v) is 8.06. The van der Waals surface area contributed by atoms with Gasteiger partial charge >= 0.3 is 35.6 Å². The Bertz CT molecular complexity index is 2430. The second kappa shape index (κ2) is 29.0. The molecule has 0 spiro atoms. The van der Waals surface area contributed by atoms with E-state index in [1.54, 1.807) is 13.8 Å². The number of rotatable bonds is 13. The fourth-order valence-electron chi connectivity index (χ4n) is 7.61. The minimum Gasteiger partial charge on any atom is -0.725 e. The topological polar surface area (TPSA) is 447 Å². The number of aliphatic hydroxyl groups is 1. The summed E-state index contributed by atoms with van der Waals surface area (Å²) in [5, 5.41) is 37.1. The van der Waals surface area contributed by atoms with Crippen LogP contribution in [0, 0.1) is 5.92 Å². The molecule has 2 aliphatic rings. The number of urea groups is 1. The van der Waals surface area contributed by atoms with Crippen LogP contribution in [0.1, 0.15) is 65.4 Å². The summed E-state index contributed by atoms with van der Waals surface area (Å²) < 4.78 is 45.5. The van der Waals surface area contributed by atoms with E-state index in [2.05, 4.69) is 30.8 Å². The van der Waals surface area contributed by atoms with Crippen molar-refractivity contribution in [3.63, 3.8) is 0 Å². The van der Waals surface area contributed by atoms with Gasteiger partial charge in [0.05, 0.1) is 25.1 Å². The first-order valence-electron chi connectivity index (χ1n) is 22.6. The van der Waals surface area contributed by atoms with Crippen LogP contribution in [0.3, 0.4) is 0 Å². The third-order valence-electron chi connectivity index (χ3n) is 11.5. The van der Waals surface area contributed by atoms with Crippen molar-refractivity contribution in [1.82, 2.24) is 47.0 Å². The third kappa shape index (κ3) is 18.9. The molecule has 0 radical (unpaired) electrons. The van der Waals surface area contributed by atoms with Crippen LogP contribution in [-0.2, 0) is 73.7 Å². The molecule has 2 saturated heterocycles. The molecule has 2 heterocycles. The molecule has 1 aromatic rings. The molecule has 404 valence electrons. The van der Waals surface area contributed by atoms with Crippen LogP contribution in [-0.4, -0.2) is 180 Å². The summed E-state index contributed by atoms with van der Waals surface area (Å²) in [6, 6.07) is -7.01. The summed E-state index contributed by atoms with van der Waals surface area (Å²) in [5.74, 6) is -13.2. The number of hydrogen-bond donors (Lipinski definition) is 11. The maximum Gasteiger partial charge on any atom is 1.00 e. The number of carbonyl (C=O) groups is 11. The van der Waals surface area contributed by atoms with Crippen molar-refractivity contribution in [3.8, 4) is 5.75 Å². The van der Waals surface area contributed by atoms with Gasteiger partial charge in [0.25, 0.3) is 17.7 Å². The van der Waals surface area contributed by atoms with Gasteiger partial charge in [0.2, 0.25) is 51.7 Å². The summed E-state index contributed by atoms with van der Waals surface area (Å²) in [4.78, 5) is 151. The molecule has 0 bridgehead atoms. The summed E-state index contributed by atoms with van der Waals surface area (Å²) in [7, 11) is -3.92. The van der Waals surface area contributed by atoms with E-state index in [-0.39, 0.29) is 79.0 Å². The standard InChI is InChI=1S/C43H63N11O18S.Na/c1-7-23-41(65)53(5)19-30(57)50-32(34(72-73(68,69)70)40(64)52-43(45)67)38(62)51-31(21(4)71-6)42(66)54-16-10-12-27(54)37(61)49-25(17-22-11-8-9-13-28(22)55)35(59)48-26(18-29(44)56)36(60)47-24(15-14-20(2)3)33(58)39(63)46-23;/h7-9,11,13,20-21,24-27,31-34,55,58H,10,12,14-19H2,1-6H3,(H2,44,56)(H,46,63)(H,47,60)(H,48,59)(H,49,61)(H,50,57)(H,51,62)(H,68,69,70)(H3,45,52,64,67);/q;+1/p-1/b23-7-;/t21-,24-,25+,26+,27+,31+,32-,33-,34+;/m1./s1. The molecule has 12 amide bonds. The number of amides is 12. The van der Waals surface area contributed by atoms with Gasteiger partial charge in [-0.1, -0.05) is 38.1 Å². The zero-order chi connectivity index (χ0) is 55.1. The quantitative estimate of drug-likeness (QED) is 0.0378. The Labute approximate surface area is 447 Å². The van der Waals surface area contributed by atoms with Crippen molar-refractivity contribution in [2.75, 3.05) is 27.2 Å². The van der Waals surface area contributed by atoms with Crippen molar-refractivity contribution in [2.24, 2.45) is 17.4 Å². The van der Waals surface area contributed by atoms with Gasteiger partial charge in [-0.15, -0.1) is 0 Å². The Kier molecular flexibility index (Phi) is 25.0. The Morgan fingerprint density at radius 1 is 0.905 bits per heavy atom. The molecule has 29 nitrogen and oxygen atoms in total. The number of aromatic hydroxyl groups is 1. The van der Waals surface area contributed by atoms with Gasteiger partial charge in [-0.3, -0.25) is 57.4 Å². The number of phenols is 1. The fraction of sp³-hybridized carbons (Fsp3) is 0.558. The van der Waals surface area contributed by atoms with Gasteiger partial charge in [0, 0.05) is 27.1 Å². The number of methoxy groups -OCH3 is 1. The van der Waals surface area contributed by atoms with Crippen molar-refractivity contribution < 1.29 is 114 Å². The molecule has 1 aromatic carbocycles. The number of carbonyl (C=O) groups excluding carboxylic acids is 11. The number of nitrogens with zero attached hydrogens (tertiary/aromatic N) is 2. The first kappa shape index (κ1) is 63.8. The van der Waals surface area contributed by atoms with Crippen LogP contribution < -0.4 is 78.2 Å². The van der Waals surface area contributed by atoms with E-state index in [9.17, 15) is 75.9 Å². The summed E-state index contributed by atoms with van der Waals surface area (Å²) in [6.07, 6.45) is -6.52. The van der Waals surface area contributed by atoms with E-state index in [1.165, 1.54) is 43.4 Å². The monoisotopic (exact) mass is 1080 g/mol. The number of allylic oxidation sites excluding steroid dienone is 1. The minimum absolute atomic E-state index is 0. The summed E-state index contributed by atoms with van der Waals surface area (Å²) >= 11 is 0. The van der Waals surface area contributed by atoms with Crippen molar-refractivity contribution >= 4 is 75.5 Å². The number of aliphatic hydroxyl groups excluding tert-OH is 1. The smallest absolute Gasteiger partial charge is 0.725 e. The summed E-state index contributed by atoms with van der Waals surface area (Å²) in [6.45, 7) is 4.81. The molecule has 9 atom stereocenters. The average Bonchev–Trinajstić information content (AvgIpc) is 3.81. The Morgan fingerprint density at radius 2 is 1.53 bits per heavy atom. The molecule has 3 rings (SSSR count). The molecule has 0 unspecified atom stereocenters. The number of phenolic OH excluding ortho intramolecular Hbond substituents is 1. The molecule has 31 heteroatoms. The zero-order valence-electron chi connectivity index (χ0n) is 41.7. The Balaban J connectivity index is 0.0000187. The van der Waals surface area contributed by atoms with Gasteiger partial charge in [-0.05, 0) is 57.1 Å². The largest absolute Gasteiger partial charge is 1.00 e. The normalized spacial score (nSPS) is 24.8. The Hall–Kier alpha value is -6.28. The van der Waals surface area contributed by atoms with Crippen molar-refractivity contribution in [1.29, 1.82) is 0 Å². The number of para-hydroxylation sites is 1. The minimum atomic E-state index is -6.01. The predicted molar refractivity (Wildman–Crippen MR) is 248 cm³/mol. The van der Waals surface area contributed by atoms with Crippen LogP contribution >= 0.6 is 0 Å². The maximum absolute atomic E-state index is 14.5. The zero-order valence-corrected chi connectivity index (χ0v) is 44.5. The molecular formula is C43H62N11NaO18S. The van der Waals surface area contributed by atoms with Crippen LogP contribution in [0.15, 0.2) is 36.0 Å². The van der Waals surface area contributed by atoms with Crippen LogP contribution in [0.25, 0.3) is 0 Å². The number of hydrogen-bond acceptors (Lipinski definition) is 18. The number of benzene rings is 1. The molecule has 2 fully saturated rings. The van der Waals surface area contributed by atoms with E-state index >= 15 is 0 Å². The van der Waals surface area contributed by atoms with Crippen molar-refractivity contribution in [2.45, 2.75) is 121 Å². The van der Waals surface area contributed by atoms with E-state index in [0.717, 1.165) is 25.1 Å². The van der Waals surface area contributed by atoms with Gasteiger partial charge in [-0.2, -0.15) is 0 Å². The first-order valence-corrected chi connectivity index (χ1v) is 24.0. The molecule has 0 saturated carbocycles. The van der Waals surface area contributed by atoms with E-state index in [0.29, 0.717) is 4.90 Å². The molecule has 0 aliphatic carbocycles. The first-order chi connectivity index (χ1) is 34.1. The Morgan fingerprint density at radius 3 is 2.09 bits per heavy atom. The number of primary amides is 2. The number of nitrogens with one attached hydrogen (secondary N) is 7. The van der Waals surface area contributed by atoms with Crippen LogP contribution in [0.2, 0.25) is 0 Å². The van der Waals surface area contributed by atoms with E-state index in [4.69, 9.17) is 16.2 Å². The average molecular weight is 1080 g/mol. The van der Waals surface area contributed by atoms with Gasteiger partial charge < -0.3 is 72.7 Å². The maximum atomic E-state index is 14.5. The summed E-state index contributed by atoms with van der Waals surface area (Å²) in [5.41, 5.74) is 10.0. The number of ether oxygens (including phenoxy) is 1. The number of fused-ring (bicyclic) bond motifs is 1. The number of imide groups is 1. The second-order valence-electron chi connectivity index (χ2n) is 17.5. The van der Waals surface area contributed by atoms with E-state index in [1.807, 2.05) is 5.32 Å². The van der Waals surface area contributed by atoms with Crippen LogP contribution in [0.4, 0.5) is 4.79 Å². The number of likely N-dealkylation sites (N-methyl/N-ethyl adjacent to an activating group) is 1. The predicted octanol–water partition coefficient (Wildman–Crippen LogP) is -8.41. The molecular weight excluding hydrogens is 1010 g/mol. The molecule has 13 N–H and O–H groups in total.